The van der Waals surface area contributed by atoms with Crippen LogP contribution < -0.4 is 5.32 Å². The van der Waals surface area contributed by atoms with Crippen LogP contribution in [0.5, 0.6) is 0 Å². The molecule has 29 heavy (non-hydrogen) atoms. The molecular formula is C20H22N8O. The van der Waals surface area contributed by atoms with Gasteiger partial charge in [-0.2, -0.15) is 15.2 Å². The smallest absolute Gasteiger partial charge is 0.252 e. The molecule has 3 heterocycles. The van der Waals surface area contributed by atoms with Crippen LogP contribution in [0.15, 0.2) is 43.2 Å². The highest BCUT2D eigenvalue weighted by Gasteiger charge is 2.14. The van der Waals surface area contributed by atoms with Crippen LogP contribution in [-0.4, -0.2) is 40.3 Å². The van der Waals surface area contributed by atoms with Crippen molar-refractivity contribution < 1.29 is 4.79 Å². The van der Waals surface area contributed by atoms with Crippen LogP contribution in [-0.2, 0) is 11.2 Å². The van der Waals surface area contributed by atoms with Gasteiger partial charge in [0, 0.05) is 17.8 Å². The molecule has 4 rings (SSSR count). The average molecular weight is 390 g/mol. The second kappa shape index (κ2) is 7.78. The number of fused-ring (bicyclic) bond motifs is 1. The summed E-state index contributed by atoms with van der Waals surface area (Å²) < 4.78 is 3.40. The summed E-state index contributed by atoms with van der Waals surface area (Å²) in [5.74, 6) is 0.575. The van der Waals surface area contributed by atoms with Crippen molar-refractivity contribution in [1.82, 2.24) is 39.7 Å². The lowest BCUT2D eigenvalue weighted by atomic mass is 10.1. The molecule has 3 aromatic heterocycles. The molecule has 0 spiro atoms. The van der Waals surface area contributed by atoms with Gasteiger partial charge in [0.15, 0.2) is 0 Å². The number of amides is 1. The van der Waals surface area contributed by atoms with Gasteiger partial charge in [-0.3, -0.25) is 4.79 Å². The molecule has 0 bridgehead atoms. The Labute approximate surface area is 167 Å². The molecule has 0 saturated heterocycles. The highest BCUT2D eigenvalue weighted by atomic mass is 16.1. The van der Waals surface area contributed by atoms with Gasteiger partial charge in [-0.25, -0.2) is 19.2 Å². The van der Waals surface area contributed by atoms with Gasteiger partial charge < -0.3 is 5.32 Å². The molecule has 9 nitrogen and oxygen atoms in total. The normalized spacial score (nSPS) is 12.2. The molecule has 0 radical (unpaired) electrons. The van der Waals surface area contributed by atoms with Gasteiger partial charge in [0.05, 0.1) is 11.7 Å². The fraction of sp³-hybridized carbons (Fsp3) is 0.300. The van der Waals surface area contributed by atoms with Gasteiger partial charge in [-0.05, 0) is 50.5 Å². The SMILES string of the molecule is Cc1nc2ncnn2c(C)c1CCC(=O)NC(C)c1ccc(-n2cncn2)cc1. The van der Waals surface area contributed by atoms with E-state index in [0.717, 1.165) is 28.2 Å². The Kier molecular flexibility index (Phi) is 5.03. The minimum absolute atomic E-state index is 0.00431. The number of nitrogens with zero attached hydrogens (tertiary/aromatic N) is 7. The summed E-state index contributed by atoms with van der Waals surface area (Å²) in [4.78, 5) is 25.0. The monoisotopic (exact) mass is 390 g/mol. The van der Waals surface area contributed by atoms with Crippen LogP contribution >= 0.6 is 0 Å². The van der Waals surface area contributed by atoms with Crippen molar-refractivity contribution >= 4 is 11.7 Å². The standard InChI is InChI=1S/C20H22N8O/c1-13(16-4-6-17(7-5-16)27-12-21-10-23-27)25-19(29)9-8-18-14(2)26-20-22-11-24-28(20)15(18)3/h4-7,10-13H,8-9H2,1-3H3,(H,25,29). The summed E-state index contributed by atoms with van der Waals surface area (Å²) in [6.45, 7) is 5.89. The summed E-state index contributed by atoms with van der Waals surface area (Å²) >= 11 is 0. The lowest BCUT2D eigenvalue weighted by Gasteiger charge is -2.16. The Hall–Kier alpha value is -3.62. The maximum atomic E-state index is 12.5. The van der Waals surface area contributed by atoms with E-state index in [1.54, 1.807) is 15.5 Å². The average Bonchev–Trinajstić information content (AvgIpc) is 3.40. The van der Waals surface area contributed by atoms with Gasteiger partial charge in [0.25, 0.3) is 5.78 Å². The Morgan fingerprint density at radius 1 is 1.14 bits per heavy atom. The second-order valence-corrected chi connectivity index (χ2v) is 6.95. The van der Waals surface area contributed by atoms with E-state index in [1.165, 1.54) is 12.7 Å². The zero-order chi connectivity index (χ0) is 20.4. The number of rotatable bonds is 6. The minimum atomic E-state index is -0.0922. The number of carbonyl (C=O) groups is 1. The zero-order valence-corrected chi connectivity index (χ0v) is 16.6. The molecule has 1 unspecified atom stereocenters. The quantitative estimate of drug-likeness (QED) is 0.541. The number of aromatic nitrogens is 7. The predicted octanol–water partition coefficient (Wildman–Crippen LogP) is 2.13. The van der Waals surface area contributed by atoms with E-state index in [2.05, 4.69) is 30.5 Å². The third-order valence-corrected chi connectivity index (χ3v) is 5.04. The van der Waals surface area contributed by atoms with E-state index < -0.39 is 0 Å². The first-order valence-electron chi connectivity index (χ1n) is 9.43. The Morgan fingerprint density at radius 2 is 1.93 bits per heavy atom. The Balaban J connectivity index is 1.38. The minimum Gasteiger partial charge on any atom is -0.350 e. The van der Waals surface area contributed by atoms with Gasteiger partial charge in [-0.1, -0.05) is 12.1 Å². The molecule has 1 aromatic carbocycles. The Bertz CT molecular complexity index is 1130. The molecule has 4 aromatic rings. The van der Waals surface area contributed by atoms with Crippen LogP contribution in [0.1, 0.15) is 41.9 Å². The van der Waals surface area contributed by atoms with Crippen molar-refractivity contribution in [2.24, 2.45) is 0 Å². The van der Waals surface area contributed by atoms with Crippen LogP contribution in [0.4, 0.5) is 0 Å². The molecule has 1 amide bonds. The van der Waals surface area contributed by atoms with Crippen molar-refractivity contribution in [1.29, 1.82) is 0 Å². The number of benzene rings is 1. The van der Waals surface area contributed by atoms with Crippen molar-refractivity contribution in [3.05, 3.63) is 65.8 Å². The molecule has 0 fully saturated rings. The largest absolute Gasteiger partial charge is 0.350 e. The maximum Gasteiger partial charge on any atom is 0.252 e. The van der Waals surface area contributed by atoms with E-state index in [0.29, 0.717) is 18.6 Å². The summed E-state index contributed by atoms with van der Waals surface area (Å²) in [7, 11) is 0. The number of carbonyl (C=O) groups excluding carboxylic acids is 1. The van der Waals surface area contributed by atoms with E-state index in [9.17, 15) is 4.79 Å². The molecule has 148 valence electrons. The molecule has 0 aliphatic carbocycles. The molecule has 0 aliphatic heterocycles. The van der Waals surface area contributed by atoms with Crippen LogP contribution in [0.25, 0.3) is 11.5 Å². The Morgan fingerprint density at radius 3 is 2.66 bits per heavy atom. The van der Waals surface area contributed by atoms with E-state index in [-0.39, 0.29) is 11.9 Å². The van der Waals surface area contributed by atoms with Crippen molar-refractivity contribution in [2.75, 3.05) is 0 Å². The van der Waals surface area contributed by atoms with E-state index >= 15 is 0 Å². The first-order valence-corrected chi connectivity index (χ1v) is 9.43. The third-order valence-electron chi connectivity index (χ3n) is 5.04. The topological polar surface area (TPSA) is 103 Å². The van der Waals surface area contributed by atoms with Crippen molar-refractivity contribution in [3.8, 4) is 5.69 Å². The van der Waals surface area contributed by atoms with Crippen LogP contribution in [0, 0.1) is 13.8 Å². The van der Waals surface area contributed by atoms with Crippen molar-refractivity contribution in [3.63, 3.8) is 0 Å². The number of hydrogen-bond acceptors (Lipinski definition) is 6. The molecule has 1 atom stereocenters. The summed E-state index contributed by atoms with van der Waals surface area (Å²) in [5.41, 5.74) is 4.83. The van der Waals surface area contributed by atoms with Gasteiger partial charge in [0.1, 0.15) is 19.0 Å². The second-order valence-electron chi connectivity index (χ2n) is 6.95. The number of hydrogen-bond donors (Lipinski definition) is 1. The fourth-order valence-corrected chi connectivity index (χ4v) is 3.41. The zero-order valence-electron chi connectivity index (χ0n) is 16.6. The highest BCUT2D eigenvalue weighted by molar-refractivity contribution is 5.76. The number of aryl methyl sites for hydroxylation is 2. The first kappa shape index (κ1) is 18.7. The molecule has 0 saturated carbocycles. The lowest BCUT2D eigenvalue weighted by Crippen LogP contribution is -2.27. The lowest BCUT2D eigenvalue weighted by molar-refractivity contribution is -0.121. The summed E-state index contributed by atoms with van der Waals surface area (Å²) in [6, 6.07) is 7.79. The summed E-state index contributed by atoms with van der Waals surface area (Å²) in [5, 5.41) is 11.4. The molecule has 0 aliphatic rings. The first-order chi connectivity index (χ1) is 14.0. The van der Waals surface area contributed by atoms with Crippen LogP contribution in [0.2, 0.25) is 0 Å². The van der Waals surface area contributed by atoms with Crippen LogP contribution in [0.3, 0.4) is 0 Å². The van der Waals surface area contributed by atoms with E-state index in [4.69, 9.17) is 0 Å². The molecule has 1 N–H and O–H groups in total. The van der Waals surface area contributed by atoms with Gasteiger partial charge in [0.2, 0.25) is 5.91 Å². The third kappa shape index (κ3) is 3.84. The molecular weight excluding hydrogens is 368 g/mol. The number of nitrogens with one attached hydrogen (secondary N) is 1. The maximum absolute atomic E-state index is 12.5. The highest BCUT2D eigenvalue weighted by Crippen LogP contribution is 2.17. The van der Waals surface area contributed by atoms with E-state index in [1.807, 2.05) is 45.0 Å². The fourth-order valence-electron chi connectivity index (χ4n) is 3.41. The molecule has 9 heteroatoms. The predicted molar refractivity (Wildman–Crippen MR) is 106 cm³/mol. The van der Waals surface area contributed by atoms with Gasteiger partial charge in [-0.15, -0.1) is 0 Å². The van der Waals surface area contributed by atoms with Gasteiger partial charge >= 0.3 is 0 Å². The van der Waals surface area contributed by atoms with Crippen molar-refractivity contribution in [2.45, 2.75) is 39.7 Å². The summed E-state index contributed by atoms with van der Waals surface area (Å²) in [6.07, 6.45) is 5.61.